The number of aromatic nitrogens is 2. The van der Waals surface area contributed by atoms with Gasteiger partial charge in [0.25, 0.3) is 0 Å². The molecule has 8 nitrogen and oxygen atoms in total. The number of halogens is 3. The van der Waals surface area contributed by atoms with E-state index in [1.54, 1.807) is 4.90 Å². The second-order valence-electron chi connectivity index (χ2n) is 12.1. The highest BCUT2D eigenvalue weighted by Gasteiger charge is 2.55. The van der Waals surface area contributed by atoms with Gasteiger partial charge in [-0.25, -0.2) is 13.5 Å². The third kappa shape index (κ3) is 6.08. The number of carbonyl (C=O) groups is 2. The molecule has 2 aliphatic heterocycles. The van der Waals surface area contributed by atoms with E-state index in [0.717, 1.165) is 68.0 Å². The zero-order chi connectivity index (χ0) is 29.3. The molecule has 1 saturated carbocycles. The van der Waals surface area contributed by atoms with E-state index in [1.807, 2.05) is 13.8 Å². The molecular weight excluding hydrogens is 564 g/mol. The normalized spacial score (nSPS) is 22.2. The smallest absolute Gasteiger partial charge is 0.248 e. The summed E-state index contributed by atoms with van der Waals surface area (Å²) in [5.74, 6) is -1.58. The van der Waals surface area contributed by atoms with E-state index in [0.29, 0.717) is 39.0 Å². The summed E-state index contributed by atoms with van der Waals surface area (Å²) in [5.41, 5.74) is 1.79. The van der Waals surface area contributed by atoms with Crippen LogP contribution in [0.5, 0.6) is 0 Å². The lowest BCUT2D eigenvalue weighted by molar-refractivity contribution is -0.166. The van der Waals surface area contributed by atoms with E-state index in [2.05, 4.69) is 22.2 Å². The molecule has 1 aromatic carbocycles. The van der Waals surface area contributed by atoms with Crippen LogP contribution in [0.3, 0.4) is 0 Å². The SMILES string of the molecule is CCCCN1C(=O)[C@@H]([C@H](O)C2CCCCC2)NC(=O)C12CCN(Cc1c(C)nn(-c3ccc(F)cc3F)c1C)CC2.Cl. The number of hydrogen-bond donors (Lipinski definition) is 2. The number of aliphatic hydroxyl groups is 1. The Morgan fingerprint density at radius 3 is 2.45 bits per heavy atom. The van der Waals surface area contributed by atoms with Crippen molar-refractivity contribution >= 4 is 24.2 Å². The molecule has 3 fully saturated rings. The van der Waals surface area contributed by atoms with Crippen LogP contribution in [0.25, 0.3) is 5.69 Å². The Hall–Kier alpha value is -2.56. The largest absolute Gasteiger partial charge is 0.390 e. The first-order chi connectivity index (χ1) is 19.7. The van der Waals surface area contributed by atoms with Gasteiger partial charge in [0.1, 0.15) is 23.1 Å². The summed E-state index contributed by atoms with van der Waals surface area (Å²) in [7, 11) is 0. The van der Waals surface area contributed by atoms with Gasteiger partial charge >= 0.3 is 0 Å². The maximum absolute atomic E-state index is 14.5. The number of nitrogens with zero attached hydrogens (tertiary/aromatic N) is 4. The lowest BCUT2D eigenvalue weighted by Crippen LogP contribution is -2.75. The minimum Gasteiger partial charge on any atom is -0.390 e. The van der Waals surface area contributed by atoms with Gasteiger partial charge in [-0.1, -0.05) is 32.6 Å². The molecule has 11 heteroatoms. The van der Waals surface area contributed by atoms with Crippen molar-refractivity contribution in [2.24, 2.45) is 5.92 Å². The average molecular weight is 608 g/mol. The average Bonchev–Trinajstić information content (AvgIpc) is 3.24. The molecule has 0 bridgehead atoms. The maximum atomic E-state index is 14.5. The molecular formula is C31H44ClF2N5O3. The third-order valence-electron chi connectivity index (χ3n) is 9.61. The molecule has 1 aliphatic carbocycles. The zero-order valence-electron chi connectivity index (χ0n) is 24.9. The number of aryl methyl sites for hydroxylation is 1. The van der Waals surface area contributed by atoms with Crippen molar-refractivity contribution in [3.63, 3.8) is 0 Å². The fourth-order valence-electron chi connectivity index (χ4n) is 7.05. The topological polar surface area (TPSA) is 90.7 Å². The third-order valence-corrected chi connectivity index (χ3v) is 9.61. The minimum atomic E-state index is -0.920. The van der Waals surface area contributed by atoms with Gasteiger partial charge in [0, 0.05) is 43.5 Å². The number of piperazine rings is 1. The Morgan fingerprint density at radius 1 is 1.12 bits per heavy atom. The van der Waals surface area contributed by atoms with Gasteiger partial charge in [-0.05, 0) is 64.0 Å². The Balaban J connectivity index is 0.00000405. The number of piperidine rings is 1. The molecule has 2 amide bonds. The van der Waals surface area contributed by atoms with Crippen LogP contribution in [0.15, 0.2) is 18.2 Å². The second-order valence-corrected chi connectivity index (χ2v) is 12.1. The standard InChI is InChI=1S/C31H43F2N5O3.ClH/c1-4-5-15-37-29(40)27(28(39)22-9-7-6-8-10-22)34-30(41)31(37)13-16-36(17-14-31)19-24-20(2)35-38(21(24)3)26-12-11-23(32)18-25(26)33;/h11-12,18,22,27-28,39H,4-10,13-17,19H2,1-3H3,(H,34,41);1H/t27-,28-;/m1./s1. The molecule has 5 rings (SSSR count). The van der Waals surface area contributed by atoms with Crippen LogP contribution in [0.1, 0.15) is 81.7 Å². The summed E-state index contributed by atoms with van der Waals surface area (Å²) >= 11 is 0. The van der Waals surface area contributed by atoms with Gasteiger partial charge in [0.05, 0.1) is 11.8 Å². The number of rotatable bonds is 8. The van der Waals surface area contributed by atoms with Crippen molar-refractivity contribution in [2.75, 3.05) is 19.6 Å². The number of unbranched alkanes of at least 4 members (excludes halogenated alkanes) is 1. The number of amides is 2. The highest BCUT2D eigenvalue weighted by molar-refractivity contribution is 6.00. The Morgan fingerprint density at radius 2 is 1.81 bits per heavy atom. The summed E-state index contributed by atoms with van der Waals surface area (Å²) in [4.78, 5) is 31.7. The van der Waals surface area contributed by atoms with Crippen LogP contribution in [0.4, 0.5) is 8.78 Å². The van der Waals surface area contributed by atoms with Gasteiger partial charge in [-0.3, -0.25) is 14.5 Å². The Kier molecular flexibility index (Phi) is 10.3. The molecule has 1 spiro atoms. The number of hydrogen-bond acceptors (Lipinski definition) is 5. The lowest BCUT2D eigenvalue weighted by Gasteiger charge is -2.52. The summed E-state index contributed by atoms with van der Waals surface area (Å²) in [6.45, 7) is 8.11. The number of nitrogens with one attached hydrogen (secondary N) is 1. The van der Waals surface area contributed by atoms with E-state index in [1.165, 1.54) is 16.8 Å². The molecule has 0 unspecified atom stereocenters. The van der Waals surface area contributed by atoms with Crippen LogP contribution in [-0.2, 0) is 16.1 Å². The molecule has 1 aromatic heterocycles. The minimum absolute atomic E-state index is 0. The number of aliphatic hydroxyl groups excluding tert-OH is 1. The van der Waals surface area contributed by atoms with E-state index in [-0.39, 0.29) is 35.8 Å². The summed E-state index contributed by atoms with van der Waals surface area (Å²) in [6.07, 6.45) is 6.87. The Bertz CT molecular complexity index is 1270. The molecule has 2 saturated heterocycles. The molecule has 2 aromatic rings. The summed E-state index contributed by atoms with van der Waals surface area (Å²) in [6, 6.07) is 2.59. The zero-order valence-corrected chi connectivity index (χ0v) is 25.7. The van der Waals surface area contributed by atoms with Crippen molar-refractivity contribution in [1.82, 2.24) is 24.9 Å². The van der Waals surface area contributed by atoms with Crippen molar-refractivity contribution in [3.8, 4) is 5.69 Å². The first-order valence-corrected chi connectivity index (χ1v) is 15.2. The second kappa shape index (κ2) is 13.4. The van der Waals surface area contributed by atoms with Crippen molar-refractivity contribution in [3.05, 3.63) is 46.8 Å². The number of carbonyl (C=O) groups excluding carboxylic acids is 2. The highest BCUT2D eigenvalue weighted by atomic mass is 35.5. The van der Waals surface area contributed by atoms with Crippen molar-refractivity contribution < 1.29 is 23.5 Å². The predicted molar refractivity (Wildman–Crippen MR) is 159 cm³/mol. The van der Waals surface area contributed by atoms with Crippen LogP contribution in [-0.4, -0.2) is 73.8 Å². The summed E-state index contributed by atoms with van der Waals surface area (Å²) < 4.78 is 29.5. The van der Waals surface area contributed by atoms with E-state index < -0.39 is 29.3 Å². The fraction of sp³-hybridized carbons (Fsp3) is 0.645. The highest BCUT2D eigenvalue weighted by Crippen LogP contribution is 2.37. The maximum Gasteiger partial charge on any atom is 0.248 e. The van der Waals surface area contributed by atoms with Crippen LogP contribution in [0.2, 0.25) is 0 Å². The van der Waals surface area contributed by atoms with E-state index in [4.69, 9.17) is 0 Å². The van der Waals surface area contributed by atoms with E-state index >= 15 is 0 Å². The summed E-state index contributed by atoms with van der Waals surface area (Å²) in [5, 5.41) is 18.7. The number of likely N-dealkylation sites (tertiary alicyclic amines) is 1. The first-order valence-electron chi connectivity index (χ1n) is 15.2. The molecule has 232 valence electrons. The molecule has 2 N–H and O–H groups in total. The predicted octanol–water partition coefficient (Wildman–Crippen LogP) is 4.59. The Labute approximate surface area is 253 Å². The lowest BCUT2D eigenvalue weighted by atomic mass is 9.78. The number of benzene rings is 1. The van der Waals surface area contributed by atoms with Gasteiger partial charge in [-0.15, -0.1) is 12.4 Å². The van der Waals surface area contributed by atoms with Crippen LogP contribution < -0.4 is 5.32 Å². The monoisotopic (exact) mass is 607 g/mol. The van der Waals surface area contributed by atoms with E-state index in [9.17, 15) is 23.5 Å². The van der Waals surface area contributed by atoms with Gasteiger partial charge in [0.15, 0.2) is 5.82 Å². The molecule has 3 heterocycles. The van der Waals surface area contributed by atoms with Gasteiger partial charge < -0.3 is 15.3 Å². The van der Waals surface area contributed by atoms with Crippen LogP contribution >= 0.6 is 12.4 Å². The van der Waals surface area contributed by atoms with Gasteiger partial charge in [-0.2, -0.15) is 5.10 Å². The van der Waals surface area contributed by atoms with Gasteiger partial charge in [0.2, 0.25) is 11.8 Å². The van der Waals surface area contributed by atoms with Crippen LogP contribution in [0, 0.1) is 31.4 Å². The molecule has 0 radical (unpaired) electrons. The fourth-order valence-corrected chi connectivity index (χ4v) is 7.05. The quantitative estimate of drug-likeness (QED) is 0.458. The molecule has 2 atom stereocenters. The molecule has 3 aliphatic rings. The molecule has 42 heavy (non-hydrogen) atoms. The first kappa shape index (κ1) is 32.4. The van der Waals surface area contributed by atoms with Crippen molar-refractivity contribution in [1.29, 1.82) is 0 Å². The van der Waals surface area contributed by atoms with Crippen molar-refractivity contribution in [2.45, 2.75) is 103 Å².